The molecular weight excluding hydrogens is 460 g/mol. The zero-order valence-corrected chi connectivity index (χ0v) is 20.3. The molecule has 3 aromatic rings. The van der Waals surface area contributed by atoms with Gasteiger partial charge in [0.1, 0.15) is 11.4 Å². The van der Waals surface area contributed by atoms with Crippen LogP contribution in [0, 0.1) is 0 Å². The lowest BCUT2D eigenvalue weighted by Crippen LogP contribution is -2.47. The molecule has 2 aliphatic heterocycles. The summed E-state index contributed by atoms with van der Waals surface area (Å²) in [5.74, 6) is -0.620. The van der Waals surface area contributed by atoms with Crippen LogP contribution in [-0.2, 0) is 11.3 Å². The number of aromatic nitrogens is 4. The van der Waals surface area contributed by atoms with Crippen LogP contribution in [0.2, 0.25) is 0 Å². The average Bonchev–Trinajstić information content (AvgIpc) is 3.37. The largest absolute Gasteiger partial charge is 0.477 e. The number of nitrogens with zero attached hydrogens (tertiary/aromatic N) is 6. The minimum absolute atomic E-state index is 0.0169. The lowest BCUT2D eigenvalue weighted by atomic mass is 9.90. The van der Waals surface area contributed by atoms with Gasteiger partial charge >= 0.3 is 5.97 Å². The number of rotatable bonds is 6. The molecule has 0 bridgehead atoms. The predicted molar refractivity (Wildman–Crippen MR) is 132 cm³/mol. The molecule has 36 heavy (non-hydrogen) atoms. The Kier molecular flexibility index (Phi) is 7.06. The van der Waals surface area contributed by atoms with E-state index in [9.17, 15) is 9.59 Å². The molecule has 2 aromatic heterocycles. The molecule has 4 heterocycles. The van der Waals surface area contributed by atoms with Crippen molar-refractivity contribution in [1.29, 1.82) is 0 Å². The Balaban J connectivity index is 1.23. The van der Waals surface area contributed by atoms with Crippen molar-refractivity contribution in [3.8, 4) is 11.4 Å². The molecule has 2 fully saturated rings. The van der Waals surface area contributed by atoms with E-state index in [2.05, 4.69) is 39.4 Å². The molecule has 2 unspecified atom stereocenters. The maximum atomic E-state index is 13.3. The molecular formula is C26H30N6O4. The summed E-state index contributed by atoms with van der Waals surface area (Å²) in [4.78, 5) is 32.8. The first-order chi connectivity index (χ1) is 17.5. The Morgan fingerprint density at radius 2 is 1.97 bits per heavy atom. The van der Waals surface area contributed by atoms with Crippen LogP contribution in [0.25, 0.3) is 11.4 Å². The number of ether oxygens (including phenoxy) is 1. The number of benzene rings is 1. The first-order valence-corrected chi connectivity index (χ1v) is 12.3. The van der Waals surface area contributed by atoms with Gasteiger partial charge < -0.3 is 19.6 Å². The van der Waals surface area contributed by atoms with Gasteiger partial charge in [-0.25, -0.2) is 14.5 Å². The van der Waals surface area contributed by atoms with Crippen LogP contribution in [0.4, 0.5) is 0 Å². The molecule has 1 N–H and O–H groups in total. The number of likely N-dealkylation sites (N-methyl/N-ethyl adjacent to an activating group) is 1. The molecule has 188 valence electrons. The summed E-state index contributed by atoms with van der Waals surface area (Å²) in [6.07, 6.45) is 3.81. The fourth-order valence-corrected chi connectivity index (χ4v) is 4.97. The molecule has 5 rings (SSSR count). The molecule has 10 nitrogen and oxygen atoms in total. The van der Waals surface area contributed by atoms with E-state index in [4.69, 9.17) is 9.84 Å². The van der Waals surface area contributed by atoms with Gasteiger partial charge in [-0.05, 0) is 62.2 Å². The van der Waals surface area contributed by atoms with Gasteiger partial charge in [-0.1, -0.05) is 23.4 Å². The van der Waals surface area contributed by atoms with Crippen molar-refractivity contribution >= 4 is 11.9 Å². The summed E-state index contributed by atoms with van der Waals surface area (Å²) in [6, 6.07) is 12.8. The number of morpholine rings is 1. The minimum atomic E-state index is -1.10. The highest BCUT2D eigenvalue weighted by Gasteiger charge is 2.27. The maximum absolute atomic E-state index is 13.3. The van der Waals surface area contributed by atoms with Gasteiger partial charge in [0, 0.05) is 25.2 Å². The quantitative estimate of drug-likeness (QED) is 0.560. The van der Waals surface area contributed by atoms with Crippen LogP contribution in [0.1, 0.15) is 45.2 Å². The zero-order chi connectivity index (χ0) is 25.1. The Labute approximate surface area is 209 Å². The van der Waals surface area contributed by atoms with Gasteiger partial charge in [-0.2, -0.15) is 0 Å². The molecule has 10 heteroatoms. The summed E-state index contributed by atoms with van der Waals surface area (Å²) in [6.45, 7) is 4.02. The van der Waals surface area contributed by atoms with Crippen molar-refractivity contribution in [1.82, 2.24) is 29.8 Å². The number of pyridine rings is 1. The van der Waals surface area contributed by atoms with Crippen molar-refractivity contribution in [3.63, 3.8) is 0 Å². The first kappa shape index (κ1) is 24.1. The Morgan fingerprint density at radius 3 is 2.81 bits per heavy atom. The molecule has 0 spiro atoms. The molecule has 2 saturated heterocycles. The van der Waals surface area contributed by atoms with Crippen LogP contribution >= 0.6 is 0 Å². The number of aromatic carboxylic acids is 1. The van der Waals surface area contributed by atoms with Gasteiger partial charge in [0.15, 0.2) is 0 Å². The lowest BCUT2D eigenvalue weighted by molar-refractivity contribution is -0.0301. The molecule has 0 saturated carbocycles. The number of amides is 1. The van der Waals surface area contributed by atoms with Gasteiger partial charge in [0.25, 0.3) is 5.91 Å². The van der Waals surface area contributed by atoms with Crippen molar-refractivity contribution < 1.29 is 19.4 Å². The third-order valence-electron chi connectivity index (χ3n) is 6.82. The third-order valence-corrected chi connectivity index (χ3v) is 6.82. The van der Waals surface area contributed by atoms with Crippen molar-refractivity contribution in [2.24, 2.45) is 0 Å². The Bertz CT molecular complexity index is 1240. The van der Waals surface area contributed by atoms with Crippen LogP contribution in [0.5, 0.6) is 0 Å². The number of hydrogen-bond donors (Lipinski definition) is 1. The number of carbonyl (C=O) groups is 2. The standard InChI is InChI=1S/C26H30N6O4/c1-30-10-4-7-20(14-30)18-5-2-6-19(13-18)25(33)31-11-12-36-21(15-31)16-32-17-24(28-29-32)22-8-3-9-23(27-22)26(34)35/h2-3,5-6,8-9,13,17,20-21H,4,7,10-12,14-16H2,1H3,(H,34,35). The van der Waals surface area contributed by atoms with Crippen molar-refractivity contribution in [2.75, 3.05) is 39.8 Å². The zero-order valence-electron chi connectivity index (χ0n) is 20.3. The number of hydrogen-bond acceptors (Lipinski definition) is 7. The van der Waals surface area contributed by atoms with Gasteiger partial charge in [0.05, 0.1) is 31.1 Å². The van der Waals surface area contributed by atoms with Gasteiger partial charge in [-0.15, -0.1) is 5.10 Å². The van der Waals surface area contributed by atoms with E-state index in [0.29, 0.717) is 49.1 Å². The number of piperidine rings is 1. The SMILES string of the molecule is CN1CCCC(c2cccc(C(=O)N3CCOC(Cn4cc(-c5cccc(C(=O)O)n5)nn4)C3)c2)C1. The van der Waals surface area contributed by atoms with E-state index in [1.54, 1.807) is 23.0 Å². The lowest BCUT2D eigenvalue weighted by Gasteiger charge is -2.33. The summed E-state index contributed by atoms with van der Waals surface area (Å²) in [5, 5.41) is 17.4. The first-order valence-electron chi connectivity index (χ1n) is 12.3. The summed E-state index contributed by atoms with van der Waals surface area (Å²) < 4.78 is 7.56. The summed E-state index contributed by atoms with van der Waals surface area (Å²) in [7, 11) is 2.15. The van der Waals surface area contributed by atoms with E-state index in [1.807, 2.05) is 17.0 Å². The minimum Gasteiger partial charge on any atom is -0.477 e. The molecule has 0 radical (unpaired) electrons. The predicted octanol–water partition coefficient (Wildman–Crippen LogP) is 2.39. The highest BCUT2D eigenvalue weighted by molar-refractivity contribution is 5.94. The van der Waals surface area contributed by atoms with Crippen molar-refractivity contribution in [2.45, 2.75) is 31.4 Å². The average molecular weight is 491 g/mol. The summed E-state index contributed by atoms with van der Waals surface area (Å²) in [5.41, 5.74) is 2.81. The molecule has 2 aliphatic rings. The monoisotopic (exact) mass is 490 g/mol. The Hall–Kier alpha value is -3.63. The van der Waals surface area contributed by atoms with Crippen LogP contribution in [-0.4, -0.2) is 92.7 Å². The van der Waals surface area contributed by atoms with E-state index >= 15 is 0 Å². The third kappa shape index (κ3) is 5.44. The highest BCUT2D eigenvalue weighted by atomic mass is 16.5. The van der Waals surface area contributed by atoms with Gasteiger partial charge in [-0.3, -0.25) is 4.79 Å². The van der Waals surface area contributed by atoms with Crippen LogP contribution < -0.4 is 0 Å². The van der Waals surface area contributed by atoms with Crippen LogP contribution in [0.3, 0.4) is 0 Å². The van der Waals surface area contributed by atoms with Gasteiger partial charge in [0.2, 0.25) is 0 Å². The fourth-order valence-electron chi connectivity index (χ4n) is 4.97. The molecule has 1 aromatic carbocycles. The van der Waals surface area contributed by atoms with E-state index in [0.717, 1.165) is 19.5 Å². The topological polar surface area (TPSA) is 114 Å². The second-order valence-electron chi connectivity index (χ2n) is 9.51. The number of carboxylic acid groups (broad SMARTS) is 1. The molecule has 1 amide bonds. The van der Waals surface area contributed by atoms with E-state index in [1.165, 1.54) is 18.1 Å². The second-order valence-corrected chi connectivity index (χ2v) is 9.51. The fraction of sp³-hybridized carbons (Fsp3) is 0.423. The summed E-state index contributed by atoms with van der Waals surface area (Å²) >= 11 is 0. The highest BCUT2D eigenvalue weighted by Crippen LogP contribution is 2.27. The number of carbonyl (C=O) groups excluding carboxylic acids is 1. The normalized spacial score (nSPS) is 20.9. The smallest absolute Gasteiger partial charge is 0.354 e. The van der Waals surface area contributed by atoms with Crippen molar-refractivity contribution in [3.05, 3.63) is 65.5 Å². The molecule has 2 atom stereocenters. The number of likely N-dealkylation sites (tertiary alicyclic amines) is 1. The second kappa shape index (κ2) is 10.5. The van der Waals surface area contributed by atoms with E-state index in [-0.39, 0.29) is 17.7 Å². The Morgan fingerprint density at radius 1 is 1.11 bits per heavy atom. The number of carboxylic acids is 1. The van der Waals surface area contributed by atoms with E-state index < -0.39 is 5.97 Å². The van der Waals surface area contributed by atoms with Crippen LogP contribution in [0.15, 0.2) is 48.7 Å². The molecule has 0 aliphatic carbocycles. The maximum Gasteiger partial charge on any atom is 0.354 e.